The van der Waals surface area contributed by atoms with Crippen LogP contribution in [0.15, 0.2) is 30.3 Å². The third kappa shape index (κ3) is 3.57. The molecule has 4 heteroatoms. The second kappa shape index (κ2) is 6.63. The Labute approximate surface area is 133 Å². The lowest BCUT2D eigenvalue weighted by molar-refractivity contribution is 0.266. The van der Waals surface area contributed by atoms with E-state index in [1.165, 1.54) is 11.1 Å². The van der Waals surface area contributed by atoms with Crippen LogP contribution in [0.1, 0.15) is 49.2 Å². The van der Waals surface area contributed by atoms with Gasteiger partial charge in [-0.3, -0.25) is 4.68 Å². The third-order valence-electron chi connectivity index (χ3n) is 4.02. The molecular weight excluding hydrogens is 274 g/mol. The first-order chi connectivity index (χ1) is 10.4. The number of aliphatic hydroxyl groups excluding tert-OH is 1. The Hall–Kier alpha value is -1.65. The molecule has 0 fully saturated rings. The van der Waals surface area contributed by atoms with Crippen LogP contribution in [0.4, 0.5) is 0 Å². The van der Waals surface area contributed by atoms with E-state index in [0.29, 0.717) is 13.1 Å². The van der Waals surface area contributed by atoms with Crippen LogP contribution in [0.3, 0.4) is 0 Å². The number of rotatable bonds is 5. The summed E-state index contributed by atoms with van der Waals surface area (Å²) in [4.78, 5) is 0. The van der Waals surface area contributed by atoms with Gasteiger partial charge in [-0.1, -0.05) is 45.0 Å². The fourth-order valence-electron chi connectivity index (χ4n) is 2.76. The number of aromatic nitrogens is 2. The van der Waals surface area contributed by atoms with Crippen molar-refractivity contribution in [3.63, 3.8) is 0 Å². The van der Waals surface area contributed by atoms with Gasteiger partial charge in [-0.15, -0.1) is 0 Å². The Bertz CT molecular complexity index is 608. The molecule has 4 nitrogen and oxygen atoms in total. The zero-order chi connectivity index (χ0) is 16.3. The Balaban J connectivity index is 2.36. The van der Waals surface area contributed by atoms with Crippen molar-refractivity contribution in [2.45, 2.75) is 45.6 Å². The summed E-state index contributed by atoms with van der Waals surface area (Å²) < 4.78 is 1.87. The predicted octanol–water partition coefficient (Wildman–Crippen LogP) is 2.57. The molecule has 22 heavy (non-hydrogen) atoms. The van der Waals surface area contributed by atoms with Crippen molar-refractivity contribution in [3.05, 3.63) is 52.8 Å². The summed E-state index contributed by atoms with van der Waals surface area (Å²) >= 11 is 0. The van der Waals surface area contributed by atoms with Crippen molar-refractivity contribution in [3.8, 4) is 0 Å². The first kappa shape index (κ1) is 16.7. The first-order valence-corrected chi connectivity index (χ1v) is 7.82. The molecule has 1 aromatic carbocycles. The minimum Gasteiger partial charge on any atom is -0.394 e. The lowest BCUT2D eigenvalue weighted by atomic mass is 9.85. The number of benzene rings is 1. The van der Waals surface area contributed by atoms with Crippen molar-refractivity contribution in [1.29, 1.82) is 0 Å². The number of nitrogens with two attached hydrogens (primary N) is 1. The van der Waals surface area contributed by atoms with E-state index in [1.54, 1.807) is 0 Å². The summed E-state index contributed by atoms with van der Waals surface area (Å²) in [5, 5.41) is 13.7. The molecule has 2 rings (SSSR count). The van der Waals surface area contributed by atoms with Gasteiger partial charge in [-0.25, -0.2) is 0 Å². The van der Waals surface area contributed by atoms with E-state index in [-0.39, 0.29) is 17.9 Å². The van der Waals surface area contributed by atoms with E-state index in [4.69, 9.17) is 5.73 Å². The van der Waals surface area contributed by atoms with E-state index in [2.05, 4.69) is 56.2 Å². The number of aryl methyl sites for hydroxylation is 1. The smallest absolute Gasteiger partial charge is 0.0644 e. The maximum absolute atomic E-state index is 9.21. The van der Waals surface area contributed by atoms with Crippen molar-refractivity contribution in [1.82, 2.24) is 9.78 Å². The highest BCUT2D eigenvalue weighted by Gasteiger charge is 2.19. The highest BCUT2D eigenvalue weighted by Crippen LogP contribution is 2.28. The third-order valence-corrected chi connectivity index (χ3v) is 4.02. The fraction of sp³-hybridized carbons (Fsp3) is 0.500. The second-order valence-corrected chi connectivity index (χ2v) is 6.82. The molecule has 1 heterocycles. The van der Waals surface area contributed by atoms with Crippen LogP contribution in [-0.2, 0) is 12.0 Å². The molecule has 1 unspecified atom stereocenters. The maximum atomic E-state index is 9.21. The molecule has 0 saturated heterocycles. The van der Waals surface area contributed by atoms with Gasteiger partial charge < -0.3 is 10.8 Å². The Morgan fingerprint density at radius 3 is 2.36 bits per heavy atom. The number of hydrogen-bond acceptors (Lipinski definition) is 3. The summed E-state index contributed by atoms with van der Waals surface area (Å²) in [5.74, 6) is 0.0989. The number of nitrogens with zero attached hydrogens (tertiary/aromatic N) is 2. The van der Waals surface area contributed by atoms with Crippen LogP contribution in [0, 0.1) is 6.92 Å². The average molecular weight is 301 g/mol. The monoisotopic (exact) mass is 301 g/mol. The van der Waals surface area contributed by atoms with E-state index in [0.717, 1.165) is 11.4 Å². The van der Waals surface area contributed by atoms with E-state index in [1.807, 2.05) is 11.6 Å². The summed E-state index contributed by atoms with van der Waals surface area (Å²) in [7, 11) is 0. The Morgan fingerprint density at radius 1 is 1.23 bits per heavy atom. The highest BCUT2D eigenvalue weighted by molar-refractivity contribution is 5.34. The highest BCUT2D eigenvalue weighted by atomic mass is 16.3. The second-order valence-electron chi connectivity index (χ2n) is 6.82. The minimum absolute atomic E-state index is 0.0778. The van der Waals surface area contributed by atoms with Gasteiger partial charge in [0.2, 0.25) is 0 Å². The summed E-state index contributed by atoms with van der Waals surface area (Å²) in [6, 6.07) is 10.7. The van der Waals surface area contributed by atoms with Crippen LogP contribution in [0.5, 0.6) is 0 Å². The van der Waals surface area contributed by atoms with Gasteiger partial charge in [0.05, 0.1) is 18.8 Å². The van der Waals surface area contributed by atoms with Crippen molar-refractivity contribution in [2.75, 3.05) is 13.2 Å². The molecule has 2 aromatic rings. The molecular formula is C18H27N3O. The molecule has 3 N–H and O–H groups in total. The van der Waals surface area contributed by atoms with Gasteiger partial charge in [-0.2, -0.15) is 5.10 Å². The molecule has 0 aliphatic heterocycles. The van der Waals surface area contributed by atoms with Crippen molar-refractivity contribution in [2.24, 2.45) is 5.73 Å². The first-order valence-electron chi connectivity index (χ1n) is 7.82. The molecule has 0 aliphatic carbocycles. The average Bonchev–Trinajstić information content (AvgIpc) is 2.81. The topological polar surface area (TPSA) is 64.1 Å². The van der Waals surface area contributed by atoms with E-state index < -0.39 is 0 Å². The maximum Gasteiger partial charge on any atom is 0.0644 e. The zero-order valence-corrected chi connectivity index (χ0v) is 14.0. The Morgan fingerprint density at radius 2 is 1.86 bits per heavy atom. The van der Waals surface area contributed by atoms with Gasteiger partial charge in [-0.05, 0) is 29.5 Å². The molecule has 0 radical (unpaired) electrons. The molecule has 0 bridgehead atoms. The standard InChI is InChI=1S/C18H27N3O/c1-13-11-17(21(20-13)9-10-22)16(12-19)14-5-7-15(8-6-14)18(2,3)4/h5-8,11,16,22H,9-10,12,19H2,1-4H3. The largest absolute Gasteiger partial charge is 0.394 e. The van der Waals surface area contributed by atoms with E-state index in [9.17, 15) is 5.11 Å². The number of hydrogen-bond donors (Lipinski definition) is 2. The van der Waals surface area contributed by atoms with Crippen molar-refractivity contribution < 1.29 is 5.11 Å². The van der Waals surface area contributed by atoms with Crippen LogP contribution in [-0.4, -0.2) is 28.0 Å². The molecule has 120 valence electrons. The summed E-state index contributed by atoms with van der Waals surface area (Å²) in [6.07, 6.45) is 0. The normalized spacial score (nSPS) is 13.4. The minimum atomic E-state index is 0.0778. The van der Waals surface area contributed by atoms with Crippen LogP contribution >= 0.6 is 0 Å². The SMILES string of the molecule is Cc1cc(C(CN)c2ccc(C(C)(C)C)cc2)n(CCO)n1. The number of aliphatic hydroxyl groups is 1. The Kier molecular flexibility index (Phi) is 5.04. The van der Waals surface area contributed by atoms with Crippen LogP contribution < -0.4 is 5.73 Å². The molecule has 0 spiro atoms. The van der Waals surface area contributed by atoms with Crippen molar-refractivity contribution >= 4 is 0 Å². The molecule has 1 atom stereocenters. The summed E-state index contributed by atoms with van der Waals surface area (Å²) in [5.41, 5.74) is 10.7. The van der Waals surface area contributed by atoms with E-state index >= 15 is 0 Å². The zero-order valence-electron chi connectivity index (χ0n) is 14.0. The lowest BCUT2D eigenvalue weighted by Crippen LogP contribution is -2.19. The predicted molar refractivity (Wildman–Crippen MR) is 90.1 cm³/mol. The lowest BCUT2D eigenvalue weighted by Gasteiger charge is -2.21. The molecule has 1 aromatic heterocycles. The molecule has 0 amide bonds. The van der Waals surface area contributed by atoms with Gasteiger partial charge in [0.1, 0.15) is 0 Å². The van der Waals surface area contributed by atoms with Gasteiger partial charge in [0.25, 0.3) is 0 Å². The van der Waals surface area contributed by atoms with Gasteiger partial charge >= 0.3 is 0 Å². The van der Waals surface area contributed by atoms with Crippen LogP contribution in [0.2, 0.25) is 0 Å². The fourth-order valence-corrected chi connectivity index (χ4v) is 2.76. The quantitative estimate of drug-likeness (QED) is 0.892. The van der Waals surface area contributed by atoms with Crippen LogP contribution in [0.25, 0.3) is 0 Å². The summed E-state index contributed by atoms with van der Waals surface area (Å²) in [6.45, 7) is 9.69. The molecule has 0 aliphatic rings. The van der Waals surface area contributed by atoms with Gasteiger partial charge in [0.15, 0.2) is 0 Å². The van der Waals surface area contributed by atoms with Gasteiger partial charge in [0, 0.05) is 18.2 Å². The molecule has 0 saturated carbocycles.